The van der Waals surface area contributed by atoms with Gasteiger partial charge in [-0.3, -0.25) is 0 Å². The Hall–Kier alpha value is -2.00. The fraction of sp³-hybridized carbons (Fsp3) is 0.400. The number of hydrogen-bond donors (Lipinski definition) is 1. The average Bonchev–Trinajstić information content (AvgIpc) is 2.52. The molecule has 0 aromatic heterocycles. The van der Waals surface area contributed by atoms with Gasteiger partial charge in [0.1, 0.15) is 5.75 Å². The maximum atomic E-state index is 10.7. The SMILES string of the molecule is CCCCOc1cccc2c1Oc1ccccc1C2C(C)(C)O. The molecule has 122 valence electrons. The molecule has 0 fully saturated rings. The van der Waals surface area contributed by atoms with Crippen molar-refractivity contribution in [2.75, 3.05) is 6.61 Å². The zero-order valence-electron chi connectivity index (χ0n) is 14.0. The lowest BCUT2D eigenvalue weighted by atomic mass is 9.77. The van der Waals surface area contributed by atoms with Crippen LogP contribution >= 0.6 is 0 Å². The van der Waals surface area contributed by atoms with Gasteiger partial charge in [-0.25, -0.2) is 0 Å². The third-order valence-corrected chi connectivity index (χ3v) is 4.22. The summed E-state index contributed by atoms with van der Waals surface area (Å²) >= 11 is 0. The summed E-state index contributed by atoms with van der Waals surface area (Å²) in [6, 6.07) is 13.8. The van der Waals surface area contributed by atoms with Crippen LogP contribution in [0.5, 0.6) is 17.2 Å². The van der Waals surface area contributed by atoms with E-state index in [-0.39, 0.29) is 5.92 Å². The van der Waals surface area contributed by atoms with Gasteiger partial charge in [-0.2, -0.15) is 0 Å². The number of unbranched alkanes of at least 4 members (excludes halogenated alkanes) is 1. The van der Waals surface area contributed by atoms with Gasteiger partial charge in [0.15, 0.2) is 11.5 Å². The van der Waals surface area contributed by atoms with E-state index < -0.39 is 5.60 Å². The van der Waals surface area contributed by atoms with E-state index in [4.69, 9.17) is 9.47 Å². The number of rotatable bonds is 5. The molecule has 1 atom stereocenters. The molecule has 0 saturated carbocycles. The van der Waals surface area contributed by atoms with Crippen molar-refractivity contribution < 1.29 is 14.6 Å². The molecular weight excluding hydrogens is 288 g/mol. The zero-order chi connectivity index (χ0) is 16.4. The Morgan fingerprint density at radius 3 is 2.57 bits per heavy atom. The van der Waals surface area contributed by atoms with E-state index in [1.807, 2.05) is 56.3 Å². The Balaban J connectivity index is 2.07. The summed E-state index contributed by atoms with van der Waals surface area (Å²) in [5, 5.41) is 10.7. The predicted molar refractivity (Wildman–Crippen MR) is 91.5 cm³/mol. The Bertz CT molecular complexity index is 686. The van der Waals surface area contributed by atoms with Crippen molar-refractivity contribution in [1.29, 1.82) is 0 Å². The largest absolute Gasteiger partial charge is 0.490 e. The van der Waals surface area contributed by atoms with Crippen LogP contribution < -0.4 is 9.47 Å². The second kappa shape index (κ2) is 6.25. The molecule has 2 aromatic carbocycles. The van der Waals surface area contributed by atoms with Crippen molar-refractivity contribution in [3.8, 4) is 17.2 Å². The molecule has 0 bridgehead atoms. The molecule has 1 unspecified atom stereocenters. The van der Waals surface area contributed by atoms with E-state index in [0.29, 0.717) is 6.61 Å². The lowest BCUT2D eigenvalue weighted by Crippen LogP contribution is -2.32. The number of aliphatic hydroxyl groups is 1. The molecule has 0 aliphatic carbocycles. The quantitative estimate of drug-likeness (QED) is 0.800. The van der Waals surface area contributed by atoms with Crippen molar-refractivity contribution in [3.05, 3.63) is 53.6 Å². The molecule has 1 N–H and O–H groups in total. The molecule has 3 nitrogen and oxygen atoms in total. The summed E-state index contributed by atoms with van der Waals surface area (Å²) in [5.41, 5.74) is 1.10. The lowest BCUT2D eigenvalue weighted by Gasteiger charge is -2.36. The van der Waals surface area contributed by atoms with Gasteiger partial charge in [-0.15, -0.1) is 0 Å². The predicted octanol–water partition coefficient (Wildman–Crippen LogP) is 4.87. The average molecular weight is 312 g/mol. The fourth-order valence-electron chi connectivity index (χ4n) is 3.16. The van der Waals surface area contributed by atoms with Gasteiger partial charge in [0.25, 0.3) is 0 Å². The minimum absolute atomic E-state index is 0.142. The number of benzene rings is 2. The fourth-order valence-corrected chi connectivity index (χ4v) is 3.16. The third-order valence-electron chi connectivity index (χ3n) is 4.22. The highest BCUT2D eigenvalue weighted by molar-refractivity contribution is 5.59. The smallest absolute Gasteiger partial charge is 0.173 e. The summed E-state index contributed by atoms with van der Waals surface area (Å²) in [5.74, 6) is 2.13. The highest BCUT2D eigenvalue weighted by Crippen LogP contribution is 2.51. The second-order valence-corrected chi connectivity index (χ2v) is 6.60. The van der Waals surface area contributed by atoms with Gasteiger partial charge < -0.3 is 14.6 Å². The zero-order valence-corrected chi connectivity index (χ0v) is 14.0. The minimum Gasteiger partial charge on any atom is -0.490 e. The molecule has 23 heavy (non-hydrogen) atoms. The summed E-state index contributed by atoms with van der Waals surface area (Å²) < 4.78 is 12.0. The Morgan fingerprint density at radius 1 is 1.09 bits per heavy atom. The maximum Gasteiger partial charge on any atom is 0.173 e. The van der Waals surface area contributed by atoms with Gasteiger partial charge in [-0.1, -0.05) is 43.7 Å². The van der Waals surface area contributed by atoms with Crippen LogP contribution in [0.25, 0.3) is 0 Å². The first-order valence-corrected chi connectivity index (χ1v) is 8.27. The summed E-state index contributed by atoms with van der Waals surface area (Å²) in [4.78, 5) is 0. The summed E-state index contributed by atoms with van der Waals surface area (Å²) in [6.07, 6.45) is 2.10. The number of ether oxygens (including phenoxy) is 2. The van der Waals surface area contributed by atoms with Crippen molar-refractivity contribution in [2.24, 2.45) is 0 Å². The van der Waals surface area contributed by atoms with Crippen molar-refractivity contribution in [2.45, 2.75) is 45.1 Å². The van der Waals surface area contributed by atoms with E-state index in [9.17, 15) is 5.11 Å². The molecule has 0 spiro atoms. The maximum absolute atomic E-state index is 10.7. The molecular formula is C20H24O3. The standard InChI is InChI=1S/C20H24O3/c1-4-5-13-22-17-12-8-10-15-18(20(2,3)21)14-9-6-7-11-16(14)23-19(15)17/h6-12,18,21H,4-5,13H2,1-3H3. The van der Waals surface area contributed by atoms with Crippen LogP contribution in [0.4, 0.5) is 0 Å². The first-order valence-electron chi connectivity index (χ1n) is 8.27. The number of hydrogen-bond acceptors (Lipinski definition) is 3. The summed E-state index contributed by atoms with van der Waals surface area (Å²) in [7, 11) is 0. The number of fused-ring (bicyclic) bond motifs is 2. The normalized spacial score (nSPS) is 16.3. The van der Waals surface area contributed by atoms with Gasteiger partial charge >= 0.3 is 0 Å². The molecule has 3 rings (SSSR count). The molecule has 0 amide bonds. The van der Waals surface area contributed by atoms with E-state index in [1.165, 1.54) is 0 Å². The first kappa shape index (κ1) is 15.9. The van der Waals surface area contributed by atoms with Crippen LogP contribution in [-0.2, 0) is 0 Å². The van der Waals surface area contributed by atoms with E-state index in [0.717, 1.165) is 41.2 Å². The van der Waals surface area contributed by atoms with Crippen LogP contribution in [-0.4, -0.2) is 17.3 Å². The Morgan fingerprint density at radius 2 is 1.83 bits per heavy atom. The van der Waals surface area contributed by atoms with Crippen molar-refractivity contribution >= 4 is 0 Å². The highest BCUT2D eigenvalue weighted by Gasteiger charge is 2.38. The van der Waals surface area contributed by atoms with Gasteiger partial charge in [0.2, 0.25) is 0 Å². The van der Waals surface area contributed by atoms with Crippen LogP contribution in [0.2, 0.25) is 0 Å². The van der Waals surface area contributed by atoms with Crippen LogP contribution in [0, 0.1) is 0 Å². The lowest BCUT2D eigenvalue weighted by molar-refractivity contribution is 0.0593. The first-order chi connectivity index (χ1) is 11.0. The molecule has 1 aliphatic rings. The highest BCUT2D eigenvalue weighted by atomic mass is 16.5. The molecule has 2 aromatic rings. The van der Waals surface area contributed by atoms with Crippen LogP contribution in [0.3, 0.4) is 0 Å². The van der Waals surface area contributed by atoms with E-state index in [2.05, 4.69) is 6.92 Å². The molecule has 0 saturated heterocycles. The van der Waals surface area contributed by atoms with E-state index >= 15 is 0 Å². The van der Waals surface area contributed by atoms with Gasteiger partial charge in [0, 0.05) is 17.0 Å². The third kappa shape index (κ3) is 3.06. The molecule has 1 aliphatic heterocycles. The minimum atomic E-state index is -0.892. The molecule has 3 heteroatoms. The second-order valence-electron chi connectivity index (χ2n) is 6.60. The topological polar surface area (TPSA) is 38.7 Å². The summed E-state index contributed by atoms with van der Waals surface area (Å²) in [6.45, 7) is 6.49. The van der Waals surface area contributed by atoms with Crippen molar-refractivity contribution in [3.63, 3.8) is 0 Å². The Kier molecular flexibility index (Phi) is 4.31. The van der Waals surface area contributed by atoms with Crippen LogP contribution in [0.1, 0.15) is 50.7 Å². The van der Waals surface area contributed by atoms with E-state index in [1.54, 1.807) is 0 Å². The molecule has 0 radical (unpaired) electrons. The monoisotopic (exact) mass is 312 g/mol. The van der Waals surface area contributed by atoms with Gasteiger partial charge in [-0.05, 0) is 32.4 Å². The molecule has 1 heterocycles. The Labute approximate surface area is 137 Å². The van der Waals surface area contributed by atoms with Crippen molar-refractivity contribution in [1.82, 2.24) is 0 Å². The van der Waals surface area contributed by atoms with Gasteiger partial charge in [0.05, 0.1) is 12.2 Å². The number of para-hydroxylation sites is 2. The van der Waals surface area contributed by atoms with Crippen LogP contribution in [0.15, 0.2) is 42.5 Å².